The summed E-state index contributed by atoms with van der Waals surface area (Å²) >= 11 is 1.35. The number of rotatable bonds is 8. The lowest BCUT2D eigenvalue weighted by Crippen LogP contribution is -2.42. The summed E-state index contributed by atoms with van der Waals surface area (Å²) in [5.74, 6) is 0.498. The number of non-ortho nitro benzene ring substituents is 1. The monoisotopic (exact) mass is 465 g/mol. The molecule has 2 aliphatic heterocycles. The van der Waals surface area contributed by atoms with Crippen LogP contribution in [0.5, 0.6) is 0 Å². The van der Waals surface area contributed by atoms with Gasteiger partial charge in [0, 0.05) is 30.0 Å². The normalized spacial score (nSPS) is 16.6. The zero-order valence-corrected chi connectivity index (χ0v) is 18.9. The van der Waals surface area contributed by atoms with E-state index in [9.17, 15) is 19.7 Å². The van der Waals surface area contributed by atoms with Crippen molar-refractivity contribution in [1.82, 2.24) is 10.2 Å². The summed E-state index contributed by atoms with van der Waals surface area (Å²) in [6, 6.07) is 12.9. The predicted octanol–water partition coefficient (Wildman–Crippen LogP) is 3.79. The lowest BCUT2D eigenvalue weighted by Gasteiger charge is -2.25. The van der Waals surface area contributed by atoms with E-state index in [1.807, 2.05) is 31.2 Å². The minimum Gasteiger partial charge on any atom is -0.356 e. The molecule has 10 heteroatoms. The number of benzene rings is 2. The Bertz CT molecular complexity index is 1150. The van der Waals surface area contributed by atoms with E-state index in [1.54, 1.807) is 12.1 Å². The summed E-state index contributed by atoms with van der Waals surface area (Å²) in [6.45, 7) is 2.63. The quantitative estimate of drug-likeness (QED) is 0.362. The molecular formula is C23H23N5O4S. The summed E-state index contributed by atoms with van der Waals surface area (Å²) in [4.78, 5) is 46.7. The molecular weight excluding hydrogens is 442 g/mol. The second-order valence-electron chi connectivity index (χ2n) is 7.67. The van der Waals surface area contributed by atoms with Crippen molar-refractivity contribution in [2.45, 2.75) is 38.0 Å². The van der Waals surface area contributed by atoms with Crippen molar-refractivity contribution in [3.8, 4) is 0 Å². The molecule has 2 aromatic rings. The maximum absolute atomic E-state index is 13.2. The van der Waals surface area contributed by atoms with E-state index in [1.165, 1.54) is 28.8 Å². The number of fused-ring (bicyclic) bond motifs is 3. The molecule has 0 saturated carbocycles. The average Bonchev–Trinajstić information content (AvgIpc) is 3.14. The molecule has 2 heterocycles. The molecule has 2 aliphatic rings. The first-order valence-electron chi connectivity index (χ1n) is 10.7. The molecule has 4 rings (SSSR count). The SMILES string of the molecule is CCCCNC(=O)CC1N=C2c3ccccc3N=C(SCc3ccc([N+](=O)[O-])cc3)N2C1=O. The van der Waals surface area contributed by atoms with E-state index < -0.39 is 11.0 Å². The zero-order chi connectivity index (χ0) is 23.4. The molecule has 0 bridgehead atoms. The average molecular weight is 466 g/mol. The van der Waals surface area contributed by atoms with Gasteiger partial charge in [-0.25, -0.2) is 9.89 Å². The molecule has 170 valence electrons. The van der Waals surface area contributed by atoms with Gasteiger partial charge < -0.3 is 5.32 Å². The van der Waals surface area contributed by atoms with Gasteiger partial charge in [0.1, 0.15) is 11.9 Å². The third-order valence-corrected chi connectivity index (χ3v) is 6.30. The number of amides is 2. The number of para-hydroxylation sites is 1. The Labute approximate surface area is 195 Å². The van der Waals surface area contributed by atoms with Crippen molar-refractivity contribution in [3.63, 3.8) is 0 Å². The van der Waals surface area contributed by atoms with Gasteiger partial charge in [0.2, 0.25) is 5.91 Å². The number of amidine groups is 2. The van der Waals surface area contributed by atoms with Gasteiger partial charge >= 0.3 is 0 Å². The van der Waals surface area contributed by atoms with Gasteiger partial charge in [0.25, 0.3) is 11.6 Å². The summed E-state index contributed by atoms with van der Waals surface area (Å²) in [6.07, 6.45) is 1.85. The lowest BCUT2D eigenvalue weighted by molar-refractivity contribution is -0.384. The number of hydrogen-bond donors (Lipinski definition) is 1. The van der Waals surface area contributed by atoms with Crippen molar-refractivity contribution in [2.24, 2.45) is 9.98 Å². The molecule has 0 fully saturated rings. The smallest absolute Gasteiger partial charge is 0.269 e. The second kappa shape index (κ2) is 9.95. The van der Waals surface area contributed by atoms with E-state index in [0.29, 0.717) is 29.0 Å². The molecule has 1 N–H and O–H groups in total. The molecule has 1 atom stereocenters. The molecule has 0 radical (unpaired) electrons. The second-order valence-corrected chi connectivity index (χ2v) is 8.62. The standard InChI is InChI=1S/C23H23N5O4S/c1-2-3-12-24-20(29)13-19-22(30)27-21(25-19)17-6-4-5-7-18(17)26-23(27)33-14-15-8-10-16(11-9-15)28(31)32/h4-11,19H,2-3,12-14H2,1H3,(H,24,29). The third kappa shape index (κ3) is 4.95. The fourth-order valence-corrected chi connectivity index (χ4v) is 4.50. The van der Waals surface area contributed by atoms with Crippen LogP contribution in [0.3, 0.4) is 0 Å². The van der Waals surface area contributed by atoms with Crippen molar-refractivity contribution >= 4 is 46.0 Å². The Balaban J connectivity index is 1.53. The van der Waals surface area contributed by atoms with Gasteiger partial charge in [0.05, 0.1) is 17.0 Å². The highest BCUT2D eigenvalue weighted by molar-refractivity contribution is 8.13. The van der Waals surface area contributed by atoms with Crippen molar-refractivity contribution in [1.29, 1.82) is 0 Å². The Kier molecular flexibility index (Phi) is 6.83. The maximum atomic E-state index is 13.2. The number of nitrogens with zero attached hydrogens (tertiary/aromatic N) is 4. The molecule has 0 saturated heterocycles. The number of nitrogens with one attached hydrogen (secondary N) is 1. The molecule has 0 aromatic heterocycles. The van der Waals surface area contributed by atoms with Gasteiger partial charge in [-0.3, -0.25) is 24.7 Å². The van der Waals surface area contributed by atoms with Gasteiger partial charge in [-0.05, 0) is 24.1 Å². The van der Waals surface area contributed by atoms with Crippen molar-refractivity contribution in [3.05, 3.63) is 69.8 Å². The van der Waals surface area contributed by atoms with E-state index in [0.717, 1.165) is 24.0 Å². The van der Waals surface area contributed by atoms with Crippen LogP contribution in [0.25, 0.3) is 0 Å². The summed E-state index contributed by atoms with van der Waals surface area (Å²) < 4.78 is 0. The van der Waals surface area contributed by atoms with Gasteiger partial charge in [0.15, 0.2) is 5.17 Å². The van der Waals surface area contributed by atoms with Crippen LogP contribution in [0.2, 0.25) is 0 Å². The molecule has 2 amide bonds. The first kappa shape index (κ1) is 22.7. The molecule has 0 aliphatic carbocycles. The van der Waals surface area contributed by atoms with E-state index in [4.69, 9.17) is 0 Å². The van der Waals surface area contributed by atoms with Crippen LogP contribution < -0.4 is 5.32 Å². The topological polar surface area (TPSA) is 117 Å². The molecule has 9 nitrogen and oxygen atoms in total. The number of nitro benzene ring substituents is 1. The van der Waals surface area contributed by atoms with Crippen molar-refractivity contribution in [2.75, 3.05) is 6.54 Å². The lowest BCUT2D eigenvalue weighted by atomic mass is 10.1. The number of hydrogen-bond acceptors (Lipinski definition) is 7. The van der Waals surface area contributed by atoms with Crippen LogP contribution in [-0.2, 0) is 15.3 Å². The summed E-state index contributed by atoms with van der Waals surface area (Å²) in [7, 11) is 0. The highest BCUT2D eigenvalue weighted by atomic mass is 32.2. The molecule has 2 aromatic carbocycles. The van der Waals surface area contributed by atoms with Crippen LogP contribution in [0.15, 0.2) is 58.5 Å². The number of unbranched alkanes of at least 4 members (excludes halogenated alkanes) is 1. The van der Waals surface area contributed by atoms with Crippen LogP contribution in [0.1, 0.15) is 37.3 Å². The maximum Gasteiger partial charge on any atom is 0.269 e. The number of carbonyl (C=O) groups is 2. The van der Waals surface area contributed by atoms with Gasteiger partial charge in [-0.15, -0.1) is 0 Å². The summed E-state index contributed by atoms with van der Waals surface area (Å²) in [5.41, 5.74) is 2.35. The van der Waals surface area contributed by atoms with Crippen LogP contribution in [0, 0.1) is 10.1 Å². The Hall–Kier alpha value is -3.53. The van der Waals surface area contributed by atoms with Crippen LogP contribution in [0.4, 0.5) is 11.4 Å². The minimum absolute atomic E-state index is 0.00891. The molecule has 0 spiro atoms. The number of carbonyl (C=O) groups excluding carboxylic acids is 2. The van der Waals surface area contributed by atoms with Gasteiger partial charge in [-0.1, -0.05) is 49.4 Å². The fourth-order valence-electron chi connectivity index (χ4n) is 3.55. The van der Waals surface area contributed by atoms with E-state index in [-0.39, 0.29) is 23.9 Å². The zero-order valence-electron chi connectivity index (χ0n) is 18.1. The Morgan fingerprint density at radius 1 is 1.21 bits per heavy atom. The van der Waals surface area contributed by atoms with Crippen LogP contribution in [-0.4, -0.2) is 45.2 Å². The minimum atomic E-state index is -0.794. The predicted molar refractivity (Wildman–Crippen MR) is 128 cm³/mol. The Morgan fingerprint density at radius 2 is 1.97 bits per heavy atom. The highest BCUT2D eigenvalue weighted by Gasteiger charge is 2.42. The molecule has 1 unspecified atom stereocenters. The highest BCUT2D eigenvalue weighted by Crippen LogP contribution is 2.35. The summed E-state index contributed by atoms with van der Waals surface area (Å²) in [5, 5.41) is 14.2. The number of aliphatic imine (C=N–C) groups is 2. The fraction of sp³-hybridized carbons (Fsp3) is 0.304. The van der Waals surface area contributed by atoms with Crippen LogP contribution >= 0.6 is 11.8 Å². The first-order chi connectivity index (χ1) is 16.0. The van der Waals surface area contributed by atoms with E-state index in [2.05, 4.69) is 15.3 Å². The Morgan fingerprint density at radius 3 is 2.70 bits per heavy atom. The largest absolute Gasteiger partial charge is 0.356 e. The first-order valence-corrected chi connectivity index (χ1v) is 11.7. The molecule has 33 heavy (non-hydrogen) atoms. The third-order valence-electron chi connectivity index (χ3n) is 5.29. The number of thioether (sulfide) groups is 1. The van der Waals surface area contributed by atoms with E-state index >= 15 is 0 Å². The van der Waals surface area contributed by atoms with Crippen molar-refractivity contribution < 1.29 is 14.5 Å². The number of nitro groups is 1. The van der Waals surface area contributed by atoms with Gasteiger partial charge in [-0.2, -0.15) is 0 Å².